The van der Waals surface area contributed by atoms with Crippen LogP contribution in [0, 0.1) is 19.3 Å². The van der Waals surface area contributed by atoms with Gasteiger partial charge in [0, 0.05) is 18.7 Å². The number of aromatic nitrogens is 1. The summed E-state index contributed by atoms with van der Waals surface area (Å²) in [5, 5.41) is 10.3. The predicted molar refractivity (Wildman–Crippen MR) is 72.9 cm³/mol. The average molecular weight is 265 g/mol. The highest BCUT2D eigenvalue weighted by atomic mass is 16.5. The zero-order valence-corrected chi connectivity index (χ0v) is 12.0. The molecule has 1 amide bonds. The van der Waals surface area contributed by atoms with Crippen molar-refractivity contribution in [1.29, 1.82) is 0 Å². The van der Waals surface area contributed by atoms with E-state index in [1.807, 2.05) is 13.8 Å². The van der Waals surface area contributed by atoms with Gasteiger partial charge in [-0.1, -0.05) is 12.1 Å². The standard InChI is InChI=1S/C14H23N3O2/c1-10-12(11(2)19-17-10)7-13(18)16-9-14(3)5-4-6-15-8-14/h15H,4-9H2,1-3H3,(H,16,18). The van der Waals surface area contributed by atoms with Crippen molar-refractivity contribution in [2.24, 2.45) is 5.41 Å². The summed E-state index contributed by atoms with van der Waals surface area (Å²) in [6, 6.07) is 0. The Morgan fingerprint density at radius 3 is 2.89 bits per heavy atom. The first kappa shape index (κ1) is 14.1. The zero-order chi connectivity index (χ0) is 13.9. The van der Waals surface area contributed by atoms with Crippen LogP contribution in [-0.4, -0.2) is 30.7 Å². The highest BCUT2D eigenvalue weighted by Crippen LogP contribution is 2.24. The number of amides is 1. The van der Waals surface area contributed by atoms with Crippen molar-refractivity contribution < 1.29 is 9.32 Å². The lowest BCUT2D eigenvalue weighted by Crippen LogP contribution is -2.46. The maximum absolute atomic E-state index is 12.0. The first-order valence-corrected chi connectivity index (χ1v) is 6.89. The van der Waals surface area contributed by atoms with E-state index in [0.717, 1.165) is 43.1 Å². The molecule has 0 radical (unpaired) electrons. The van der Waals surface area contributed by atoms with Crippen LogP contribution in [0.15, 0.2) is 4.52 Å². The normalized spacial score (nSPS) is 23.3. The fraction of sp³-hybridized carbons (Fsp3) is 0.714. The molecule has 2 rings (SSSR count). The van der Waals surface area contributed by atoms with E-state index in [1.165, 1.54) is 6.42 Å². The number of carbonyl (C=O) groups is 1. The molecule has 1 unspecified atom stereocenters. The molecule has 0 aromatic carbocycles. The molecule has 1 fully saturated rings. The Morgan fingerprint density at radius 1 is 1.53 bits per heavy atom. The Balaban J connectivity index is 1.85. The number of hydrogen-bond acceptors (Lipinski definition) is 4. The Labute approximate surface area is 114 Å². The Morgan fingerprint density at radius 2 is 2.32 bits per heavy atom. The summed E-state index contributed by atoms with van der Waals surface area (Å²) in [4.78, 5) is 12.0. The lowest BCUT2D eigenvalue weighted by Gasteiger charge is -2.34. The van der Waals surface area contributed by atoms with Gasteiger partial charge in [0.05, 0.1) is 12.1 Å². The summed E-state index contributed by atoms with van der Waals surface area (Å²) in [6.45, 7) is 8.71. The van der Waals surface area contributed by atoms with Crippen LogP contribution in [0.4, 0.5) is 0 Å². The van der Waals surface area contributed by atoms with E-state index in [0.29, 0.717) is 6.42 Å². The Kier molecular flexibility index (Phi) is 4.24. The molecule has 0 bridgehead atoms. The minimum atomic E-state index is 0.0428. The molecule has 5 nitrogen and oxygen atoms in total. The average Bonchev–Trinajstić information content (AvgIpc) is 2.69. The maximum Gasteiger partial charge on any atom is 0.224 e. The first-order valence-electron chi connectivity index (χ1n) is 6.89. The second-order valence-electron chi connectivity index (χ2n) is 5.85. The summed E-state index contributed by atoms with van der Waals surface area (Å²) >= 11 is 0. The van der Waals surface area contributed by atoms with E-state index < -0.39 is 0 Å². The van der Waals surface area contributed by atoms with Crippen LogP contribution in [0.2, 0.25) is 0 Å². The summed E-state index contributed by atoms with van der Waals surface area (Å²) in [6.07, 6.45) is 2.69. The van der Waals surface area contributed by atoms with Gasteiger partial charge in [-0.3, -0.25) is 4.79 Å². The highest BCUT2D eigenvalue weighted by Gasteiger charge is 2.27. The SMILES string of the molecule is Cc1noc(C)c1CC(=O)NCC1(C)CCCNC1. The fourth-order valence-corrected chi connectivity index (χ4v) is 2.56. The molecular weight excluding hydrogens is 242 g/mol. The minimum absolute atomic E-state index is 0.0428. The van der Waals surface area contributed by atoms with E-state index in [1.54, 1.807) is 0 Å². The van der Waals surface area contributed by atoms with Crippen LogP contribution >= 0.6 is 0 Å². The molecule has 0 saturated carbocycles. The Hall–Kier alpha value is -1.36. The van der Waals surface area contributed by atoms with Crippen molar-refractivity contribution in [2.75, 3.05) is 19.6 Å². The van der Waals surface area contributed by atoms with Crippen molar-refractivity contribution in [2.45, 2.75) is 40.0 Å². The number of rotatable bonds is 4. The van der Waals surface area contributed by atoms with Crippen LogP contribution in [-0.2, 0) is 11.2 Å². The second-order valence-corrected chi connectivity index (χ2v) is 5.85. The Bertz CT molecular complexity index is 428. The summed E-state index contributed by atoms with van der Waals surface area (Å²) in [7, 11) is 0. The number of hydrogen-bond donors (Lipinski definition) is 2. The molecule has 2 N–H and O–H groups in total. The van der Waals surface area contributed by atoms with Gasteiger partial charge in [-0.2, -0.15) is 0 Å². The van der Waals surface area contributed by atoms with E-state index >= 15 is 0 Å². The lowest BCUT2D eigenvalue weighted by atomic mass is 9.83. The molecule has 1 atom stereocenters. The van der Waals surface area contributed by atoms with Crippen molar-refractivity contribution in [3.63, 3.8) is 0 Å². The van der Waals surface area contributed by atoms with Gasteiger partial charge in [-0.15, -0.1) is 0 Å². The minimum Gasteiger partial charge on any atom is -0.361 e. The predicted octanol–water partition coefficient (Wildman–Crippen LogP) is 1.34. The van der Waals surface area contributed by atoms with Gasteiger partial charge in [0.15, 0.2) is 0 Å². The van der Waals surface area contributed by atoms with Crippen LogP contribution in [0.3, 0.4) is 0 Å². The van der Waals surface area contributed by atoms with Crippen molar-refractivity contribution in [1.82, 2.24) is 15.8 Å². The summed E-state index contributed by atoms with van der Waals surface area (Å²) in [5.74, 6) is 0.777. The van der Waals surface area contributed by atoms with Crippen molar-refractivity contribution in [3.8, 4) is 0 Å². The molecule has 0 spiro atoms. The molecule has 1 aliphatic heterocycles. The van der Waals surface area contributed by atoms with Crippen LogP contribution in [0.5, 0.6) is 0 Å². The quantitative estimate of drug-likeness (QED) is 0.862. The highest BCUT2D eigenvalue weighted by molar-refractivity contribution is 5.79. The largest absolute Gasteiger partial charge is 0.361 e. The van der Waals surface area contributed by atoms with Crippen LogP contribution < -0.4 is 10.6 Å². The zero-order valence-electron chi connectivity index (χ0n) is 12.0. The topological polar surface area (TPSA) is 67.2 Å². The third-order valence-electron chi connectivity index (χ3n) is 3.92. The summed E-state index contributed by atoms with van der Waals surface area (Å²) in [5.41, 5.74) is 1.88. The smallest absolute Gasteiger partial charge is 0.224 e. The monoisotopic (exact) mass is 265 g/mol. The number of aryl methyl sites for hydroxylation is 2. The summed E-state index contributed by atoms with van der Waals surface area (Å²) < 4.78 is 5.07. The second kappa shape index (κ2) is 5.74. The number of piperidine rings is 1. The van der Waals surface area contributed by atoms with E-state index in [9.17, 15) is 4.79 Å². The van der Waals surface area contributed by atoms with Gasteiger partial charge < -0.3 is 15.2 Å². The third kappa shape index (κ3) is 3.56. The molecule has 1 aliphatic rings. The molecule has 1 aromatic heterocycles. The van der Waals surface area contributed by atoms with Gasteiger partial charge in [0.1, 0.15) is 5.76 Å². The first-order chi connectivity index (χ1) is 9.00. The van der Waals surface area contributed by atoms with Gasteiger partial charge >= 0.3 is 0 Å². The molecule has 0 aliphatic carbocycles. The number of nitrogens with one attached hydrogen (secondary N) is 2. The van der Waals surface area contributed by atoms with E-state index in [4.69, 9.17) is 4.52 Å². The van der Waals surface area contributed by atoms with Crippen molar-refractivity contribution >= 4 is 5.91 Å². The number of carbonyl (C=O) groups excluding carboxylic acids is 1. The fourth-order valence-electron chi connectivity index (χ4n) is 2.56. The van der Waals surface area contributed by atoms with Crippen molar-refractivity contribution in [3.05, 3.63) is 17.0 Å². The van der Waals surface area contributed by atoms with Gasteiger partial charge in [0.2, 0.25) is 5.91 Å². The van der Waals surface area contributed by atoms with Crippen LogP contribution in [0.25, 0.3) is 0 Å². The number of nitrogens with zero attached hydrogens (tertiary/aromatic N) is 1. The molecule has 5 heteroatoms. The maximum atomic E-state index is 12.0. The lowest BCUT2D eigenvalue weighted by molar-refractivity contribution is -0.121. The van der Waals surface area contributed by atoms with Gasteiger partial charge in [0.25, 0.3) is 0 Å². The van der Waals surface area contributed by atoms with Gasteiger partial charge in [-0.05, 0) is 38.6 Å². The molecule has 1 saturated heterocycles. The molecule has 2 heterocycles. The molecule has 1 aromatic rings. The molecular formula is C14H23N3O2. The van der Waals surface area contributed by atoms with Gasteiger partial charge in [-0.25, -0.2) is 0 Å². The molecule has 19 heavy (non-hydrogen) atoms. The van der Waals surface area contributed by atoms with E-state index in [2.05, 4.69) is 22.7 Å². The molecule has 106 valence electrons. The van der Waals surface area contributed by atoms with Crippen LogP contribution in [0.1, 0.15) is 36.8 Å². The third-order valence-corrected chi connectivity index (χ3v) is 3.92. The van der Waals surface area contributed by atoms with E-state index in [-0.39, 0.29) is 11.3 Å².